The lowest BCUT2D eigenvalue weighted by atomic mass is 10.1. The molecule has 1 aromatic heterocycles. The Hall–Kier alpha value is -0.310. The molecule has 0 radical (unpaired) electrons. The quantitative estimate of drug-likeness (QED) is 0.852. The maximum atomic E-state index is 6.05. The summed E-state index contributed by atoms with van der Waals surface area (Å²) in [4.78, 5) is 4.28. The smallest absolute Gasteiger partial charge is 0.0754 e. The van der Waals surface area contributed by atoms with Crippen molar-refractivity contribution in [2.24, 2.45) is 5.73 Å². The molecule has 1 heterocycles. The number of pyridine rings is 1. The van der Waals surface area contributed by atoms with Crippen LogP contribution in [0.1, 0.15) is 43.0 Å². The second-order valence-corrected chi connectivity index (χ2v) is 4.11. The first-order valence-corrected chi connectivity index (χ1v) is 4.97. The number of nitrogens with two attached hydrogens (primary N) is 1. The molecule has 2 rings (SSSR count). The highest BCUT2D eigenvalue weighted by Crippen LogP contribution is 2.40. The predicted octanol–water partition coefficient (Wildman–Crippen LogP) is 3.05. The van der Waals surface area contributed by atoms with E-state index < -0.39 is 0 Å². The number of halogens is 2. The summed E-state index contributed by atoms with van der Waals surface area (Å²) in [5, 5.41) is 0.708. The van der Waals surface area contributed by atoms with Crippen molar-refractivity contribution in [2.45, 2.75) is 31.7 Å². The van der Waals surface area contributed by atoms with Crippen molar-refractivity contribution in [1.29, 1.82) is 0 Å². The number of hydrogen-bond acceptors (Lipinski definition) is 2. The van der Waals surface area contributed by atoms with E-state index in [0.29, 0.717) is 10.9 Å². The van der Waals surface area contributed by atoms with Crippen LogP contribution in [0.25, 0.3) is 0 Å². The van der Waals surface area contributed by atoms with E-state index in [9.17, 15) is 0 Å². The third kappa shape index (κ3) is 2.38. The second-order valence-electron chi connectivity index (χ2n) is 3.70. The molecule has 2 nitrogen and oxygen atoms in total. The van der Waals surface area contributed by atoms with E-state index in [2.05, 4.69) is 4.98 Å². The topological polar surface area (TPSA) is 38.9 Å². The number of nitrogens with zero attached hydrogens (tertiary/aromatic N) is 1. The van der Waals surface area contributed by atoms with Gasteiger partial charge in [-0.1, -0.05) is 11.6 Å². The minimum absolute atomic E-state index is 0. The molecule has 0 bridgehead atoms. The lowest BCUT2D eigenvalue weighted by molar-refractivity contribution is 0.778. The zero-order chi connectivity index (χ0) is 9.42. The van der Waals surface area contributed by atoms with Crippen molar-refractivity contribution >= 4 is 24.0 Å². The first-order chi connectivity index (χ1) is 6.18. The van der Waals surface area contributed by atoms with Gasteiger partial charge in [-0.2, -0.15) is 0 Å². The van der Waals surface area contributed by atoms with Crippen molar-refractivity contribution in [1.82, 2.24) is 4.98 Å². The first kappa shape index (κ1) is 11.8. The Labute approximate surface area is 95.3 Å². The van der Waals surface area contributed by atoms with Crippen LogP contribution in [0.2, 0.25) is 5.02 Å². The Kier molecular flexibility index (Phi) is 3.76. The fourth-order valence-corrected chi connectivity index (χ4v) is 1.79. The molecule has 1 atom stereocenters. The monoisotopic (exact) mass is 232 g/mol. The van der Waals surface area contributed by atoms with Gasteiger partial charge in [0.2, 0.25) is 0 Å². The van der Waals surface area contributed by atoms with E-state index in [1.54, 1.807) is 0 Å². The Bertz CT molecular complexity index is 322. The van der Waals surface area contributed by atoms with Gasteiger partial charge in [-0.15, -0.1) is 12.4 Å². The van der Waals surface area contributed by atoms with Crippen molar-refractivity contribution in [3.8, 4) is 0 Å². The second kappa shape index (κ2) is 4.47. The fourth-order valence-electron chi connectivity index (χ4n) is 1.44. The maximum Gasteiger partial charge on any atom is 0.0754 e. The van der Waals surface area contributed by atoms with Gasteiger partial charge in [0, 0.05) is 12.2 Å². The average molecular weight is 233 g/mol. The molecule has 2 N–H and O–H groups in total. The van der Waals surface area contributed by atoms with Crippen LogP contribution in [0.4, 0.5) is 0 Å². The molecule has 78 valence electrons. The van der Waals surface area contributed by atoms with E-state index in [-0.39, 0.29) is 18.4 Å². The molecule has 1 aromatic rings. The first-order valence-electron chi connectivity index (χ1n) is 4.59. The summed E-state index contributed by atoms with van der Waals surface area (Å²) in [5.74, 6) is 0.701. The van der Waals surface area contributed by atoms with Crippen molar-refractivity contribution in [3.63, 3.8) is 0 Å². The molecule has 1 saturated carbocycles. The van der Waals surface area contributed by atoms with Crippen molar-refractivity contribution < 1.29 is 0 Å². The van der Waals surface area contributed by atoms with Gasteiger partial charge in [0.05, 0.1) is 10.7 Å². The van der Waals surface area contributed by atoms with Gasteiger partial charge in [-0.3, -0.25) is 4.98 Å². The van der Waals surface area contributed by atoms with E-state index in [1.165, 1.54) is 18.4 Å². The van der Waals surface area contributed by atoms with Crippen LogP contribution in [0, 0.1) is 0 Å². The third-order valence-electron chi connectivity index (χ3n) is 2.37. The average Bonchev–Trinajstić information content (AvgIpc) is 2.85. The molecule has 14 heavy (non-hydrogen) atoms. The number of rotatable bonds is 2. The van der Waals surface area contributed by atoms with Crippen LogP contribution in [0.5, 0.6) is 0 Å². The Morgan fingerprint density at radius 1 is 1.57 bits per heavy atom. The van der Waals surface area contributed by atoms with E-state index in [1.807, 2.05) is 19.2 Å². The summed E-state index contributed by atoms with van der Waals surface area (Å²) in [7, 11) is 0. The normalized spacial score (nSPS) is 17.4. The minimum Gasteiger partial charge on any atom is -0.323 e. The summed E-state index contributed by atoms with van der Waals surface area (Å²) in [6.07, 6.45) is 4.45. The maximum absolute atomic E-state index is 6.05. The van der Waals surface area contributed by atoms with Gasteiger partial charge in [0.25, 0.3) is 0 Å². The standard InChI is InChI=1S/C10H13ClN2.ClH/c1-6(12)10-9(11)4-8(5-13-10)7-2-3-7;/h4-7H,2-3,12H2,1H3;1H. The fraction of sp³-hybridized carbons (Fsp3) is 0.500. The molecule has 0 spiro atoms. The molecular weight excluding hydrogens is 219 g/mol. The SMILES string of the molecule is CC(N)c1ncc(C2CC2)cc1Cl.Cl. The molecule has 0 aliphatic heterocycles. The van der Waals surface area contributed by atoms with E-state index in [0.717, 1.165) is 5.69 Å². The highest BCUT2D eigenvalue weighted by molar-refractivity contribution is 6.31. The van der Waals surface area contributed by atoms with Crippen molar-refractivity contribution in [2.75, 3.05) is 0 Å². The summed E-state index contributed by atoms with van der Waals surface area (Å²) >= 11 is 6.05. The van der Waals surface area contributed by atoms with Crippen LogP contribution in [-0.4, -0.2) is 4.98 Å². The zero-order valence-electron chi connectivity index (χ0n) is 8.03. The molecule has 1 fully saturated rings. The van der Waals surface area contributed by atoms with Gasteiger partial charge >= 0.3 is 0 Å². The lowest BCUT2D eigenvalue weighted by Crippen LogP contribution is -2.08. The summed E-state index contributed by atoms with van der Waals surface area (Å²) in [6.45, 7) is 1.89. The Morgan fingerprint density at radius 2 is 2.21 bits per heavy atom. The summed E-state index contributed by atoms with van der Waals surface area (Å²) < 4.78 is 0. The molecule has 0 saturated heterocycles. The van der Waals surface area contributed by atoms with E-state index in [4.69, 9.17) is 17.3 Å². The summed E-state index contributed by atoms with van der Waals surface area (Å²) in [5.41, 5.74) is 7.77. The highest BCUT2D eigenvalue weighted by Gasteiger charge is 2.24. The van der Waals surface area contributed by atoms with Gasteiger partial charge in [-0.25, -0.2) is 0 Å². The predicted molar refractivity (Wildman–Crippen MR) is 61.1 cm³/mol. The van der Waals surface area contributed by atoms with Gasteiger partial charge < -0.3 is 5.73 Å². The molecular formula is C10H14Cl2N2. The largest absolute Gasteiger partial charge is 0.323 e. The van der Waals surface area contributed by atoms with Crippen LogP contribution in [-0.2, 0) is 0 Å². The highest BCUT2D eigenvalue weighted by atomic mass is 35.5. The van der Waals surface area contributed by atoms with Gasteiger partial charge in [0.1, 0.15) is 0 Å². The van der Waals surface area contributed by atoms with Gasteiger partial charge in [-0.05, 0) is 37.3 Å². The molecule has 0 amide bonds. The lowest BCUT2D eigenvalue weighted by Gasteiger charge is -2.08. The van der Waals surface area contributed by atoms with E-state index >= 15 is 0 Å². The number of aromatic nitrogens is 1. The zero-order valence-corrected chi connectivity index (χ0v) is 9.61. The van der Waals surface area contributed by atoms with Crippen LogP contribution >= 0.6 is 24.0 Å². The molecule has 4 heteroatoms. The summed E-state index contributed by atoms with van der Waals surface area (Å²) in [6, 6.07) is 1.92. The third-order valence-corrected chi connectivity index (χ3v) is 2.67. The Morgan fingerprint density at radius 3 is 2.64 bits per heavy atom. The molecule has 1 aliphatic rings. The van der Waals surface area contributed by atoms with Gasteiger partial charge in [0.15, 0.2) is 0 Å². The molecule has 1 aliphatic carbocycles. The minimum atomic E-state index is -0.0826. The van der Waals surface area contributed by atoms with Crippen LogP contribution < -0.4 is 5.73 Å². The number of hydrogen-bond donors (Lipinski definition) is 1. The Balaban J connectivity index is 0.000000980. The van der Waals surface area contributed by atoms with Crippen LogP contribution in [0.15, 0.2) is 12.3 Å². The molecule has 0 aromatic carbocycles. The van der Waals surface area contributed by atoms with Crippen molar-refractivity contribution in [3.05, 3.63) is 28.5 Å². The molecule has 1 unspecified atom stereocenters. The van der Waals surface area contributed by atoms with Crippen LogP contribution in [0.3, 0.4) is 0 Å².